The van der Waals surface area contributed by atoms with E-state index in [1.807, 2.05) is 32.9 Å². The Morgan fingerprint density at radius 1 is 1.03 bits per heavy atom. The van der Waals surface area contributed by atoms with Crippen LogP contribution < -0.4 is 10.6 Å². The number of rotatable bonds is 7. The Balaban J connectivity index is 1.89. The molecule has 0 aromatic heterocycles. The number of anilines is 1. The van der Waals surface area contributed by atoms with Crippen molar-refractivity contribution in [3.8, 4) is 0 Å². The van der Waals surface area contributed by atoms with E-state index in [9.17, 15) is 18.4 Å². The zero-order valence-corrected chi connectivity index (χ0v) is 17.4. The lowest BCUT2D eigenvalue weighted by atomic mass is 10.1. The van der Waals surface area contributed by atoms with Gasteiger partial charge in [0.15, 0.2) is 0 Å². The zero-order chi connectivity index (χ0) is 21.7. The summed E-state index contributed by atoms with van der Waals surface area (Å²) in [5.74, 6) is -1.79. The third-order valence-corrected chi connectivity index (χ3v) is 4.85. The van der Waals surface area contributed by atoms with Crippen molar-refractivity contribution >= 4 is 17.5 Å². The Hall–Kier alpha value is -2.80. The van der Waals surface area contributed by atoms with Crippen LogP contribution in [0.2, 0.25) is 0 Å². The van der Waals surface area contributed by atoms with Crippen molar-refractivity contribution in [1.29, 1.82) is 0 Å². The van der Waals surface area contributed by atoms with E-state index in [4.69, 9.17) is 0 Å². The first-order valence-electron chi connectivity index (χ1n) is 9.38. The maximum Gasteiger partial charge on any atom is 0.243 e. The van der Waals surface area contributed by atoms with Crippen molar-refractivity contribution in [3.63, 3.8) is 0 Å². The highest BCUT2D eigenvalue weighted by Gasteiger charge is 2.19. The molecule has 0 spiro atoms. The van der Waals surface area contributed by atoms with Crippen molar-refractivity contribution in [3.05, 3.63) is 64.2 Å². The lowest BCUT2D eigenvalue weighted by molar-refractivity contribution is -0.125. The molecule has 156 valence electrons. The highest BCUT2D eigenvalue weighted by molar-refractivity contribution is 5.96. The fraction of sp³-hybridized carbons (Fsp3) is 0.364. The van der Waals surface area contributed by atoms with Crippen LogP contribution in [0.25, 0.3) is 0 Å². The molecule has 0 saturated heterocycles. The summed E-state index contributed by atoms with van der Waals surface area (Å²) in [5, 5.41) is 5.37. The molecule has 29 heavy (non-hydrogen) atoms. The van der Waals surface area contributed by atoms with E-state index in [0.717, 1.165) is 40.6 Å². The van der Waals surface area contributed by atoms with Gasteiger partial charge < -0.3 is 10.6 Å². The number of aryl methyl sites for hydroxylation is 3. The van der Waals surface area contributed by atoms with Crippen LogP contribution in [0.5, 0.6) is 0 Å². The number of hydrogen-bond donors (Lipinski definition) is 2. The highest BCUT2D eigenvalue weighted by Crippen LogP contribution is 2.23. The molecular formula is C22H27F2N3O2. The van der Waals surface area contributed by atoms with Crippen molar-refractivity contribution in [1.82, 2.24) is 10.2 Å². The molecule has 0 saturated carbocycles. The normalized spacial score (nSPS) is 12.0. The van der Waals surface area contributed by atoms with Crippen molar-refractivity contribution in [2.45, 2.75) is 33.7 Å². The SMILES string of the molecule is Cc1cc(C)c(NC(=O)CNC(=O)CN(C)C(C)c2cc(F)ccc2F)c(C)c1. The third-order valence-electron chi connectivity index (χ3n) is 4.85. The number of nitrogens with zero attached hydrogens (tertiary/aromatic N) is 1. The number of hydrogen-bond acceptors (Lipinski definition) is 3. The van der Waals surface area contributed by atoms with E-state index in [-0.39, 0.29) is 30.5 Å². The van der Waals surface area contributed by atoms with Gasteiger partial charge in [0.2, 0.25) is 11.8 Å². The van der Waals surface area contributed by atoms with E-state index in [0.29, 0.717) is 0 Å². The first-order chi connectivity index (χ1) is 13.6. The monoisotopic (exact) mass is 403 g/mol. The first kappa shape index (κ1) is 22.5. The van der Waals surface area contributed by atoms with Gasteiger partial charge in [0.25, 0.3) is 0 Å². The van der Waals surface area contributed by atoms with E-state index in [1.54, 1.807) is 18.9 Å². The van der Waals surface area contributed by atoms with Gasteiger partial charge in [-0.05, 0) is 64.1 Å². The van der Waals surface area contributed by atoms with Crippen molar-refractivity contribution < 1.29 is 18.4 Å². The minimum atomic E-state index is -0.538. The van der Waals surface area contributed by atoms with Gasteiger partial charge in [-0.15, -0.1) is 0 Å². The fourth-order valence-corrected chi connectivity index (χ4v) is 3.23. The molecule has 5 nitrogen and oxygen atoms in total. The summed E-state index contributed by atoms with van der Waals surface area (Å²) in [5.41, 5.74) is 3.92. The Morgan fingerprint density at radius 3 is 2.28 bits per heavy atom. The summed E-state index contributed by atoms with van der Waals surface area (Å²) < 4.78 is 27.3. The maximum absolute atomic E-state index is 13.9. The average molecular weight is 403 g/mol. The van der Waals surface area contributed by atoms with Crippen LogP contribution >= 0.6 is 0 Å². The second-order valence-electron chi connectivity index (χ2n) is 7.36. The van der Waals surface area contributed by atoms with Crippen LogP contribution in [0.1, 0.15) is 35.2 Å². The van der Waals surface area contributed by atoms with E-state index < -0.39 is 17.7 Å². The molecule has 0 heterocycles. The molecule has 1 unspecified atom stereocenters. The predicted molar refractivity (Wildman–Crippen MR) is 110 cm³/mol. The second-order valence-corrected chi connectivity index (χ2v) is 7.36. The zero-order valence-electron chi connectivity index (χ0n) is 17.4. The fourth-order valence-electron chi connectivity index (χ4n) is 3.23. The summed E-state index contributed by atoms with van der Waals surface area (Å²) in [6, 6.07) is 6.67. The van der Waals surface area contributed by atoms with Crippen LogP contribution in [0.15, 0.2) is 30.3 Å². The summed E-state index contributed by atoms with van der Waals surface area (Å²) in [6.45, 7) is 7.25. The molecule has 2 rings (SSSR count). The summed E-state index contributed by atoms with van der Waals surface area (Å²) >= 11 is 0. The number of carbonyl (C=O) groups excluding carboxylic acids is 2. The van der Waals surface area contributed by atoms with Gasteiger partial charge in [-0.25, -0.2) is 8.78 Å². The number of nitrogens with one attached hydrogen (secondary N) is 2. The minimum absolute atomic E-state index is 0.0625. The Bertz CT molecular complexity index is 892. The maximum atomic E-state index is 13.9. The molecule has 2 N–H and O–H groups in total. The Kier molecular flexibility index (Phi) is 7.45. The van der Waals surface area contributed by atoms with Gasteiger partial charge in [0.1, 0.15) is 11.6 Å². The van der Waals surface area contributed by atoms with Gasteiger partial charge in [-0.2, -0.15) is 0 Å². The molecule has 0 bridgehead atoms. The molecule has 0 aliphatic rings. The number of halogens is 2. The summed E-state index contributed by atoms with van der Waals surface area (Å²) in [7, 11) is 1.63. The summed E-state index contributed by atoms with van der Waals surface area (Å²) in [6.07, 6.45) is 0. The number of carbonyl (C=O) groups is 2. The van der Waals surface area contributed by atoms with Crippen molar-refractivity contribution in [2.24, 2.45) is 0 Å². The number of likely N-dealkylation sites (N-methyl/N-ethyl adjacent to an activating group) is 1. The Labute approximate surface area is 170 Å². The molecule has 2 aromatic carbocycles. The molecule has 7 heteroatoms. The van der Waals surface area contributed by atoms with Crippen LogP contribution in [0, 0.1) is 32.4 Å². The third kappa shape index (κ3) is 6.09. The topological polar surface area (TPSA) is 61.4 Å². The average Bonchev–Trinajstić information content (AvgIpc) is 2.64. The molecule has 2 aromatic rings. The van der Waals surface area contributed by atoms with Gasteiger partial charge in [0, 0.05) is 17.3 Å². The highest BCUT2D eigenvalue weighted by atomic mass is 19.1. The van der Waals surface area contributed by atoms with Crippen LogP contribution in [0.4, 0.5) is 14.5 Å². The van der Waals surface area contributed by atoms with E-state index >= 15 is 0 Å². The second kappa shape index (κ2) is 9.60. The predicted octanol–water partition coefficient (Wildman–Crippen LogP) is 3.64. The number of benzene rings is 2. The largest absolute Gasteiger partial charge is 0.346 e. The lowest BCUT2D eigenvalue weighted by Crippen LogP contribution is -2.40. The minimum Gasteiger partial charge on any atom is -0.346 e. The van der Waals surface area contributed by atoms with Gasteiger partial charge in [0.05, 0.1) is 13.1 Å². The molecule has 2 amide bonds. The van der Waals surface area contributed by atoms with Crippen molar-refractivity contribution in [2.75, 3.05) is 25.5 Å². The van der Waals surface area contributed by atoms with Crippen LogP contribution in [-0.2, 0) is 9.59 Å². The van der Waals surface area contributed by atoms with E-state index in [2.05, 4.69) is 10.6 Å². The quantitative estimate of drug-likeness (QED) is 0.742. The molecular weight excluding hydrogens is 376 g/mol. The van der Waals surface area contributed by atoms with E-state index in [1.165, 1.54) is 0 Å². The molecule has 0 aliphatic carbocycles. The van der Waals surface area contributed by atoms with Crippen LogP contribution in [0.3, 0.4) is 0 Å². The van der Waals surface area contributed by atoms with Gasteiger partial charge >= 0.3 is 0 Å². The molecule has 0 aliphatic heterocycles. The standard InChI is InChI=1S/C22H27F2N3O2/c1-13-8-14(2)22(15(3)9-13)26-20(28)11-25-21(29)12-27(5)16(4)18-10-17(23)6-7-19(18)24/h6-10,16H,11-12H2,1-5H3,(H,25,29)(H,26,28). The Morgan fingerprint density at radius 2 is 1.66 bits per heavy atom. The smallest absolute Gasteiger partial charge is 0.243 e. The molecule has 1 atom stereocenters. The molecule has 0 radical (unpaired) electrons. The number of amides is 2. The first-order valence-corrected chi connectivity index (χ1v) is 9.38. The van der Waals surface area contributed by atoms with Crippen LogP contribution in [-0.4, -0.2) is 36.9 Å². The van der Waals surface area contributed by atoms with Gasteiger partial charge in [-0.3, -0.25) is 14.5 Å². The summed E-state index contributed by atoms with van der Waals surface area (Å²) in [4.78, 5) is 26.0. The lowest BCUT2D eigenvalue weighted by Gasteiger charge is -2.24. The van der Waals surface area contributed by atoms with Gasteiger partial charge in [-0.1, -0.05) is 17.7 Å². The molecule has 0 fully saturated rings.